The van der Waals surface area contributed by atoms with E-state index in [2.05, 4.69) is 10.1 Å². The molecule has 1 aliphatic heterocycles. The number of hydrogen-bond acceptors (Lipinski definition) is 3. The lowest BCUT2D eigenvalue weighted by Gasteiger charge is -2.07. The molecular formula is C12H10F2N4O. The van der Waals surface area contributed by atoms with Gasteiger partial charge in [0.25, 0.3) is 0 Å². The molecule has 1 aliphatic rings. The summed E-state index contributed by atoms with van der Waals surface area (Å²) in [6, 6.07) is 2.75. The van der Waals surface area contributed by atoms with Gasteiger partial charge in [0, 0.05) is 17.5 Å². The van der Waals surface area contributed by atoms with Crippen molar-refractivity contribution >= 4 is 11.9 Å². The SMILES string of the molecule is CC1/C(=C\c2cccn2C(F)F)C(=O)c2ncnn21. The molecule has 0 fully saturated rings. The first-order valence-electron chi connectivity index (χ1n) is 5.70. The summed E-state index contributed by atoms with van der Waals surface area (Å²) in [6.45, 7) is -0.853. The van der Waals surface area contributed by atoms with Crippen LogP contribution in [-0.2, 0) is 0 Å². The summed E-state index contributed by atoms with van der Waals surface area (Å²) in [7, 11) is 0. The van der Waals surface area contributed by atoms with Gasteiger partial charge >= 0.3 is 6.55 Å². The van der Waals surface area contributed by atoms with Gasteiger partial charge in [0.05, 0.1) is 6.04 Å². The monoisotopic (exact) mass is 264 g/mol. The fourth-order valence-corrected chi connectivity index (χ4v) is 2.20. The quantitative estimate of drug-likeness (QED) is 0.782. The Hall–Kier alpha value is -2.31. The molecule has 2 aromatic rings. The highest BCUT2D eigenvalue weighted by Gasteiger charge is 2.33. The number of hydrogen-bond donors (Lipinski definition) is 0. The van der Waals surface area contributed by atoms with E-state index in [0.717, 1.165) is 4.57 Å². The molecule has 0 aromatic carbocycles. The molecule has 0 amide bonds. The summed E-state index contributed by atoms with van der Waals surface area (Å²) in [5.74, 6) is -0.0269. The van der Waals surface area contributed by atoms with Crippen molar-refractivity contribution in [2.45, 2.75) is 19.5 Å². The second-order valence-corrected chi connectivity index (χ2v) is 4.25. The van der Waals surface area contributed by atoms with Crippen molar-refractivity contribution in [3.63, 3.8) is 0 Å². The van der Waals surface area contributed by atoms with E-state index in [9.17, 15) is 13.6 Å². The molecule has 1 unspecified atom stereocenters. The van der Waals surface area contributed by atoms with E-state index in [1.165, 1.54) is 35.4 Å². The Morgan fingerprint density at radius 3 is 2.95 bits per heavy atom. The molecule has 7 heteroatoms. The molecule has 1 atom stereocenters. The van der Waals surface area contributed by atoms with Gasteiger partial charge in [0.2, 0.25) is 5.78 Å². The molecule has 0 bridgehead atoms. The third kappa shape index (κ3) is 1.69. The van der Waals surface area contributed by atoms with Crippen LogP contribution in [0.25, 0.3) is 6.08 Å². The predicted octanol–water partition coefficient (Wildman–Crippen LogP) is 2.32. The van der Waals surface area contributed by atoms with E-state index in [-0.39, 0.29) is 23.3 Å². The number of carbonyl (C=O) groups is 1. The van der Waals surface area contributed by atoms with E-state index in [1.807, 2.05) is 0 Å². The zero-order valence-corrected chi connectivity index (χ0v) is 9.99. The summed E-state index contributed by atoms with van der Waals surface area (Å²) in [6.07, 6.45) is 4.05. The minimum atomic E-state index is -2.64. The first-order chi connectivity index (χ1) is 9.09. The van der Waals surface area contributed by atoms with Gasteiger partial charge in [-0.2, -0.15) is 13.9 Å². The molecule has 2 aromatic heterocycles. The number of aromatic nitrogens is 4. The molecule has 19 heavy (non-hydrogen) atoms. The number of alkyl halides is 2. The van der Waals surface area contributed by atoms with Crippen LogP contribution in [0.5, 0.6) is 0 Å². The first kappa shape index (κ1) is 11.8. The lowest BCUT2D eigenvalue weighted by molar-refractivity contribution is 0.0700. The van der Waals surface area contributed by atoms with Crippen LogP contribution in [0.4, 0.5) is 8.78 Å². The van der Waals surface area contributed by atoms with Crippen LogP contribution in [0.15, 0.2) is 30.2 Å². The highest BCUT2D eigenvalue weighted by molar-refractivity contribution is 6.11. The van der Waals surface area contributed by atoms with Crippen molar-refractivity contribution in [3.8, 4) is 0 Å². The normalized spacial score (nSPS) is 20.5. The average molecular weight is 264 g/mol. The molecule has 5 nitrogen and oxygen atoms in total. The Labute approximate surface area is 107 Å². The number of allylic oxidation sites excluding steroid dienone is 1. The Kier molecular flexibility index (Phi) is 2.55. The topological polar surface area (TPSA) is 52.7 Å². The standard InChI is InChI=1S/C12H10F2N4O/c1-7-9(10(19)11-15-6-16-18(7)11)5-8-3-2-4-17(8)12(13)14/h2-7,12H,1H3/b9-5+. The van der Waals surface area contributed by atoms with Gasteiger partial charge in [-0.05, 0) is 25.1 Å². The number of halogens is 2. The number of ketones is 1. The van der Waals surface area contributed by atoms with E-state index in [0.29, 0.717) is 5.57 Å². The summed E-state index contributed by atoms with van der Waals surface area (Å²) in [5, 5.41) is 3.95. The molecule has 0 spiro atoms. The highest BCUT2D eigenvalue weighted by atomic mass is 19.3. The maximum absolute atomic E-state index is 12.8. The second kappa shape index (κ2) is 4.11. The number of rotatable bonds is 2. The zero-order valence-electron chi connectivity index (χ0n) is 9.99. The fourth-order valence-electron chi connectivity index (χ4n) is 2.20. The molecule has 0 N–H and O–H groups in total. The highest BCUT2D eigenvalue weighted by Crippen LogP contribution is 2.30. The third-order valence-electron chi connectivity index (χ3n) is 3.18. The Morgan fingerprint density at radius 2 is 2.26 bits per heavy atom. The summed E-state index contributed by atoms with van der Waals surface area (Å²) >= 11 is 0. The van der Waals surface area contributed by atoms with Gasteiger partial charge in [0.1, 0.15) is 6.33 Å². The summed E-state index contributed by atoms with van der Waals surface area (Å²) < 4.78 is 27.8. The van der Waals surface area contributed by atoms with Gasteiger partial charge in [-0.15, -0.1) is 0 Å². The van der Waals surface area contributed by atoms with Crippen LogP contribution in [0.3, 0.4) is 0 Å². The van der Waals surface area contributed by atoms with E-state index >= 15 is 0 Å². The van der Waals surface area contributed by atoms with Crippen molar-refractivity contribution in [2.24, 2.45) is 0 Å². The van der Waals surface area contributed by atoms with Crippen LogP contribution < -0.4 is 0 Å². The predicted molar refractivity (Wildman–Crippen MR) is 62.7 cm³/mol. The lowest BCUT2D eigenvalue weighted by atomic mass is 10.1. The molecule has 0 aliphatic carbocycles. The molecule has 0 radical (unpaired) electrons. The maximum Gasteiger partial charge on any atom is 0.318 e. The molecule has 0 saturated heterocycles. The lowest BCUT2D eigenvalue weighted by Crippen LogP contribution is -2.04. The maximum atomic E-state index is 12.8. The van der Waals surface area contributed by atoms with E-state index in [1.54, 1.807) is 6.92 Å². The van der Waals surface area contributed by atoms with Crippen molar-refractivity contribution in [1.29, 1.82) is 0 Å². The molecule has 0 saturated carbocycles. The van der Waals surface area contributed by atoms with Crippen molar-refractivity contribution < 1.29 is 13.6 Å². The van der Waals surface area contributed by atoms with Crippen LogP contribution in [-0.4, -0.2) is 25.1 Å². The van der Waals surface area contributed by atoms with E-state index in [4.69, 9.17) is 0 Å². The largest absolute Gasteiger partial charge is 0.318 e. The zero-order chi connectivity index (χ0) is 13.6. The van der Waals surface area contributed by atoms with Gasteiger partial charge in [-0.3, -0.25) is 9.36 Å². The van der Waals surface area contributed by atoms with Gasteiger partial charge in [-0.1, -0.05) is 0 Å². The van der Waals surface area contributed by atoms with E-state index < -0.39 is 6.55 Å². The molecule has 3 rings (SSSR count). The Bertz CT molecular complexity index is 671. The first-order valence-corrected chi connectivity index (χ1v) is 5.70. The van der Waals surface area contributed by atoms with Crippen LogP contribution in [0.2, 0.25) is 0 Å². The number of Topliss-reactive ketones (excluding diaryl/α,β-unsaturated/α-hetero) is 1. The van der Waals surface area contributed by atoms with Crippen LogP contribution >= 0.6 is 0 Å². The molecule has 3 heterocycles. The number of carbonyl (C=O) groups excluding carboxylic acids is 1. The summed E-state index contributed by atoms with van der Waals surface area (Å²) in [4.78, 5) is 16.0. The van der Waals surface area contributed by atoms with Gasteiger partial charge in [0.15, 0.2) is 5.82 Å². The molecular weight excluding hydrogens is 254 g/mol. The van der Waals surface area contributed by atoms with Crippen molar-refractivity contribution in [3.05, 3.63) is 41.7 Å². The average Bonchev–Trinajstić information content (AvgIpc) is 3.05. The Balaban J connectivity index is 2.04. The van der Waals surface area contributed by atoms with Crippen LogP contribution in [0.1, 0.15) is 35.8 Å². The fraction of sp³-hybridized carbons (Fsp3) is 0.250. The second-order valence-electron chi connectivity index (χ2n) is 4.25. The van der Waals surface area contributed by atoms with Gasteiger partial charge < -0.3 is 0 Å². The molecule has 98 valence electrons. The number of nitrogens with zero attached hydrogens (tertiary/aromatic N) is 4. The van der Waals surface area contributed by atoms with Gasteiger partial charge in [-0.25, -0.2) is 9.67 Å². The van der Waals surface area contributed by atoms with Crippen LogP contribution in [0, 0.1) is 0 Å². The van der Waals surface area contributed by atoms with Crippen molar-refractivity contribution in [2.75, 3.05) is 0 Å². The van der Waals surface area contributed by atoms with Crippen molar-refractivity contribution in [1.82, 2.24) is 19.3 Å². The number of fused-ring (bicyclic) bond motifs is 1. The smallest absolute Gasteiger partial charge is 0.292 e. The summed E-state index contributed by atoms with van der Waals surface area (Å²) in [5.41, 5.74) is 0.701. The minimum Gasteiger partial charge on any atom is -0.292 e. The minimum absolute atomic E-state index is 0.244. The Morgan fingerprint density at radius 1 is 1.47 bits per heavy atom. The third-order valence-corrected chi connectivity index (χ3v) is 3.18.